The number of hydrogen-bond donors (Lipinski definition) is 2. The van der Waals surface area contributed by atoms with Crippen molar-refractivity contribution >= 4 is 28.9 Å². The highest BCUT2D eigenvalue weighted by atomic mass is 35.5. The molecule has 4 heteroatoms. The molecule has 0 heterocycles. The molecule has 0 aromatic heterocycles. The van der Waals surface area contributed by atoms with E-state index in [0.29, 0.717) is 22.0 Å². The number of hydrogen-bond acceptors (Lipinski definition) is 2. The van der Waals surface area contributed by atoms with E-state index in [2.05, 4.69) is 5.32 Å². The van der Waals surface area contributed by atoms with Crippen molar-refractivity contribution in [2.24, 2.45) is 0 Å². The van der Waals surface area contributed by atoms with E-state index in [0.717, 1.165) is 0 Å². The van der Waals surface area contributed by atoms with E-state index in [1.165, 1.54) is 0 Å². The summed E-state index contributed by atoms with van der Waals surface area (Å²) in [5.41, 5.74) is 7.18. The van der Waals surface area contributed by atoms with Crippen LogP contribution in [0.3, 0.4) is 0 Å². The van der Waals surface area contributed by atoms with Crippen LogP contribution >= 0.6 is 11.6 Å². The highest BCUT2D eigenvalue weighted by Gasteiger charge is 2.08. The minimum Gasteiger partial charge on any atom is -0.397 e. The van der Waals surface area contributed by atoms with Crippen LogP contribution in [0.15, 0.2) is 48.5 Å². The molecule has 0 spiro atoms. The molecule has 0 fully saturated rings. The summed E-state index contributed by atoms with van der Waals surface area (Å²) in [6.45, 7) is 0. The van der Waals surface area contributed by atoms with Gasteiger partial charge in [-0.25, -0.2) is 0 Å². The van der Waals surface area contributed by atoms with Crippen LogP contribution in [0, 0.1) is 0 Å². The second-order valence-electron chi connectivity index (χ2n) is 3.53. The zero-order valence-corrected chi connectivity index (χ0v) is 9.74. The first-order valence-electron chi connectivity index (χ1n) is 5.09. The van der Waals surface area contributed by atoms with E-state index in [4.69, 9.17) is 17.3 Å². The highest BCUT2D eigenvalue weighted by Crippen LogP contribution is 2.27. The fraction of sp³-hybridized carbons (Fsp3) is 0. The number of nitrogens with one attached hydrogen (secondary N) is 1. The number of rotatable bonds is 2. The van der Waals surface area contributed by atoms with Gasteiger partial charge < -0.3 is 11.1 Å². The van der Waals surface area contributed by atoms with Gasteiger partial charge in [0.15, 0.2) is 0 Å². The lowest BCUT2D eigenvalue weighted by molar-refractivity contribution is 0.102. The van der Waals surface area contributed by atoms with Crippen molar-refractivity contribution in [1.29, 1.82) is 0 Å². The van der Waals surface area contributed by atoms with Gasteiger partial charge in [-0.1, -0.05) is 35.9 Å². The Hall–Kier alpha value is -2.00. The van der Waals surface area contributed by atoms with Crippen LogP contribution in [-0.2, 0) is 0 Å². The normalized spacial score (nSPS) is 9.94. The third kappa shape index (κ3) is 2.57. The monoisotopic (exact) mass is 246 g/mol. The van der Waals surface area contributed by atoms with Gasteiger partial charge in [0.1, 0.15) is 0 Å². The van der Waals surface area contributed by atoms with E-state index >= 15 is 0 Å². The number of nitrogen functional groups attached to an aromatic ring is 1. The molecule has 2 rings (SSSR count). The SMILES string of the molecule is Nc1cccc(NC(=O)c2ccccc2)c1Cl. The van der Waals surface area contributed by atoms with Gasteiger partial charge in [0, 0.05) is 5.56 Å². The molecule has 0 aliphatic carbocycles. The summed E-state index contributed by atoms with van der Waals surface area (Å²) in [7, 11) is 0. The van der Waals surface area contributed by atoms with Crippen LogP contribution in [0.5, 0.6) is 0 Å². The third-order valence-corrected chi connectivity index (χ3v) is 2.73. The van der Waals surface area contributed by atoms with Gasteiger partial charge >= 0.3 is 0 Å². The van der Waals surface area contributed by atoms with Gasteiger partial charge in [-0.2, -0.15) is 0 Å². The molecule has 1 amide bonds. The Bertz CT molecular complexity index is 540. The number of carbonyl (C=O) groups is 1. The summed E-state index contributed by atoms with van der Waals surface area (Å²) in [4.78, 5) is 11.9. The van der Waals surface area contributed by atoms with E-state index in [9.17, 15) is 4.79 Å². The lowest BCUT2D eigenvalue weighted by atomic mass is 10.2. The Balaban J connectivity index is 2.22. The zero-order valence-electron chi connectivity index (χ0n) is 8.98. The fourth-order valence-corrected chi connectivity index (χ4v) is 1.60. The topological polar surface area (TPSA) is 55.1 Å². The second-order valence-corrected chi connectivity index (χ2v) is 3.91. The predicted octanol–water partition coefficient (Wildman–Crippen LogP) is 3.17. The fourth-order valence-electron chi connectivity index (χ4n) is 1.43. The van der Waals surface area contributed by atoms with Crippen molar-refractivity contribution < 1.29 is 4.79 Å². The lowest BCUT2D eigenvalue weighted by Gasteiger charge is -2.08. The molecule has 3 nitrogen and oxygen atoms in total. The van der Waals surface area contributed by atoms with Crippen LogP contribution in [0.25, 0.3) is 0 Å². The molecule has 0 saturated carbocycles. The summed E-state index contributed by atoms with van der Waals surface area (Å²) < 4.78 is 0. The van der Waals surface area contributed by atoms with Crippen molar-refractivity contribution in [3.05, 3.63) is 59.1 Å². The van der Waals surface area contributed by atoms with Crippen molar-refractivity contribution in [3.8, 4) is 0 Å². The number of benzene rings is 2. The van der Waals surface area contributed by atoms with Gasteiger partial charge in [0.25, 0.3) is 5.91 Å². The van der Waals surface area contributed by atoms with Crippen molar-refractivity contribution in [2.45, 2.75) is 0 Å². The maximum absolute atomic E-state index is 11.9. The van der Waals surface area contributed by atoms with Gasteiger partial charge in [0.2, 0.25) is 0 Å². The number of amides is 1. The molecule has 3 N–H and O–H groups in total. The van der Waals surface area contributed by atoms with E-state index in [1.54, 1.807) is 42.5 Å². The first-order valence-corrected chi connectivity index (χ1v) is 5.46. The highest BCUT2D eigenvalue weighted by molar-refractivity contribution is 6.36. The smallest absolute Gasteiger partial charge is 0.255 e. The largest absolute Gasteiger partial charge is 0.397 e. The number of halogens is 1. The van der Waals surface area contributed by atoms with Crippen LogP contribution in [0.2, 0.25) is 5.02 Å². The van der Waals surface area contributed by atoms with Gasteiger partial charge in [0.05, 0.1) is 16.4 Å². The average Bonchev–Trinajstić information content (AvgIpc) is 2.36. The maximum Gasteiger partial charge on any atom is 0.255 e. The van der Waals surface area contributed by atoms with Crippen LogP contribution < -0.4 is 11.1 Å². The summed E-state index contributed by atoms with van der Waals surface area (Å²) in [6, 6.07) is 14.0. The summed E-state index contributed by atoms with van der Waals surface area (Å²) in [5.74, 6) is -0.210. The van der Waals surface area contributed by atoms with Crippen molar-refractivity contribution in [2.75, 3.05) is 11.1 Å². The van der Waals surface area contributed by atoms with Gasteiger partial charge in [-0.3, -0.25) is 4.79 Å². The molecule has 2 aromatic rings. The number of anilines is 2. The molecule has 0 bridgehead atoms. The van der Waals surface area contributed by atoms with E-state index in [1.807, 2.05) is 6.07 Å². The van der Waals surface area contributed by atoms with Crippen molar-refractivity contribution in [3.63, 3.8) is 0 Å². The molecule has 86 valence electrons. The molecule has 0 atom stereocenters. The maximum atomic E-state index is 11.9. The van der Waals surface area contributed by atoms with Crippen LogP contribution in [-0.4, -0.2) is 5.91 Å². The first kappa shape index (κ1) is 11.5. The Kier molecular flexibility index (Phi) is 3.30. The van der Waals surface area contributed by atoms with Crippen molar-refractivity contribution in [1.82, 2.24) is 0 Å². The first-order chi connectivity index (χ1) is 8.18. The predicted molar refractivity (Wildman–Crippen MR) is 70.3 cm³/mol. The minimum atomic E-state index is -0.210. The van der Waals surface area contributed by atoms with Gasteiger partial charge in [-0.05, 0) is 24.3 Å². The number of carbonyl (C=O) groups excluding carboxylic acids is 1. The molecule has 0 aliphatic heterocycles. The van der Waals surface area contributed by atoms with E-state index < -0.39 is 0 Å². The summed E-state index contributed by atoms with van der Waals surface area (Å²) >= 11 is 5.99. The third-order valence-electron chi connectivity index (χ3n) is 2.31. The lowest BCUT2D eigenvalue weighted by Crippen LogP contribution is -2.12. The molecule has 17 heavy (non-hydrogen) atoms. The molecule has 0 saturated heterocycles. The molecule has 0 unspecified atom stereocenters. The summed E-state index contributed by atoms with van der Waals surface area (Å²) in [5, 5.41) is 3.07. The van der Waals surface area contributed by atoms with Gasteiger partial charge in [-0.15, -0.1) is 0 Å². The molecular weight excluding hydrogens is 236 g/mol. The average molecular weight is 247 g/mol. The Morgan fingerprint density at radius 3 is 2.47 bits per heavy atom. The van der Waals surface area contributed by atoms with Crippen LogP contribution in [0.4, 0.5) is 11.4 Å². The van der Waals surface area contributed by atoms with E-state index in [-0.39, 0.29) is 5.91 Å². The van der Waals surface area contributed by atoms with Crippen LogP contribution in [0.1, 0.15) is 10.4 Å². The number of nitrogens with two attached hydrogens (primary N) is 1. The Labute approximate surface area is 104 Å². The molecule has 0 radical (unpaired) electrons. The zero-order chi connectivity index (χ0) is 12.3. The Morgan fingerprint density at radius 2 is 1.76 bits per heavy atom. The summed E-state index contributed by atoms with van der Waals surface area (Å²) in [6.07, 6.45) is 0. The molecular formula is C13H11ClN2O. The standard InChI is InChI=1S/C13H11ClN2O/c14-12-10(15)7-4-8-11(12)16-13(17)9-5-2-1-3-6-9/h1-8H,15H2,(H,16,17). The minimum absolute atomic E-state index is 0.210. The Morgan fingerprint density at radius 1 is 1.06 bits per heavy atom. The molecule has 0 aliphatic rings. The quantitative estimate of drug-likeness (QED) is 0.800. The second kappa shape index (κ2) is 4.89. The molecule has 2 aromatic carbocycles.